The summed E-state index contributed by atoms with van der Waals surface area (Å²) in [6.45, 7) is 0. The van der Waals surface area contributed by atoms with E-state index in [4.69, 9.17) is 19.3 Å². The molecule has 0 spiro atoms. The lowest BCUT2D eigenvalue weighted by Gasteiger charge is -2.24. The van der Waals surface area contributed by atoms with Gasteiger partial charge in [0.1, 0.15) is 12.1 Å². The fourth-order valence-electron chi connectivity index (χ4n) is 3.71. The van der Waals surface area contributed by atoms with Crippen molar-refractivity contribution >= 4 is 23.4 Å². The van der Waals surface area contributed by atoms with Crippen LogP contribution in [-0.2, 0) is 11.8 Å². The fourth-order valence-corrected chi connectivity index (χ4v) is 4.45. The van der Waals surface area contributed by atoms with Gasteiger partial charge in [-0.25, -0.2) is 5.01 Å². The maximum Gasteiger partial charge on any atom is 0.253 e. The lowest BCUT2D eigenvalue weighted by atomic mass is 9.97. The molecule has 1 aliphatic heterocycles. The molecule has 0 saturated carbocycles. The molecule has 172 valence electrons. The summed E-state index contributed by atoms with van der Waals surface area (Å²) in [5.41, 5.74) is 2.57. The van der Waals surface area contributed by atoms with Crippen LogP contribution in [0.5, 0.6) is 17.2 Å². The number of hydrazone groups is 1. The van der Waals surface area contributed by atoms with Crippen molar-refractivity contribution in [2.45, 2.75) is 17.6 Å². The first-order valence-corrected chi connectivity index (χ1v) is 11.3. The predicted molar refractivity (Wildman–Crippen MR) is 125 cm³/mol. The molecular weight excluding hydrogens is 442 g/mol. The molecule has 0 fully saturated rings. The molecule has 1 aromatic heterocycles. The van der Waals surface area contributed by atoms with Gasteiger partial charge in [0, 0.05) is 19.0 Å². The average molecular weight is 468 g/mol. The highest BCUT2D eigenvalue weighted by molar-refractivity contribution is 7.99. The minimum Gasteiger partial charge on any atom is -0.497 e. The van der Waals surface area contributed by atoms with Crippen LogP contribution in [0.4, 0.5) is 0 Å². The summed E-state index contributed by atoms with van der Waals surface area (Å²) in [5, 5.41) is 14.8. The molecule has 0 N–H and O–H groups in total. The summed E-state index contributed by atoms with van der Waals surface area (Å²) in [6.07, 6.45) is 2.14. The summed E-state index contributed by atoms with van der Waals surface area (Å²) < 4.78 is 18.2. The number of carbonyl (C=O) groups is 1. The maximum absolute atomic E-state index is 13.3. The van der Waals surface area contributed by atoms with E-state index in [0.29, 0.717) is 23.1 Å². The van der Waals surface area contributed by atoms with Crippen LogP contribution in [0.3, 0.4) is 0 Å². The summed E-state index contributed by atoms with van der Waals surface area (Å²) in [4.78, 5) is 13.3. The van der Waals surface area contributed by atoms with Gasteiger partial charge >= 0.3 is 0 Å². The van der Waals surface area contributed by atoms with Gasteiger partial charge in [0.25, 0.3) is 5.91 Å². The van der Waals surface area contributed by atoms with E-state index in [1.54, 1.807) is 37.2 Å². The van der Waals surface area contributed by atoms with Crippen LogP contribution in [0.15, 0.2) is 59.0 Å². The summed E-state index contributed by atoms with van der Waals surface area (Å²) in [6, 6.07) is 13.0. The van der Waals surface area contributed by atoms with Gasteiger partial charge in [-0.15, -0.1) is 10.2 Å². The first kappa shape index (κ1) is 22.7. The zero-order valence-electron chi connectivity index (χ0n) is 18.9. The first-order chi connectivity index (χ1) is 16.0. The number of nitrogens with zero attached hydrogens (tertiary/aromatic N) is 5. The molecule has 9 nitrogen and oxygen atoms in total. The van der Waals surface area contributed by atoms with Gasteiger partial charge < -0.3 is 18.8 Å². The van der Waals surface area contributed by atoms with Crippen molar-refractivity contribution in [3.05, 3.63) is 59.9 Å². The van der Waals surface area contributed by atoms with E-state index in [1.165, 1.54) is 11.8 Å². The van der Waals surface area contributed by atoms with Crippen molar-refractivity contribution in [1.29, 1.82) is 0 Å². The van der Waals surface area contributed by atoms with Gasteiger partial charge in [-0.3, -0.25) is 4.79 Å². The van der Waals surface area contributed by atoms with E-state index in [1.807, 2.05) is 49.5 Å². The number of ether oxygens (including phenoxy) is 3. The lowest BCUT2D eigenvalue weighted by molar-refractivity contribution is -0.130. The van der Waals surface area contributed by atoms with Crippen molar-refractivity contribution in [2.24, 2.45) is 12.1 Å². The molecule has 3 aromatic rings. The van der Waals surface area contributed by atoms with Crippen LogP contribution in [0, 0.1) is 0 Å². The highest BCUT2D eigenvalue weighted by Gasteiger charge is 2.35. The number of hydrogen-bond donors (Lipinski definition) is 0. The quantitative estimate of drug-likeness (QED) is 0.470. The predicted octanol–water partition coefficient (Wildman–Crippen LogP) is 3.31. The molecular formula is C23H25N5O4S. The van der Waals surface area contributed by atoms with E-state index in [-0.39, 0.29) is 17.7 Å². The molecule has 0 aliphatic carbocycles. The molecule has 1 atom stereocenters. The van der Waals surface area contributed by atoms with Crippen molar-refractivity contribution in [3.8, 4) is 17.2 Å². The van der Waals surface area contributed by atoms with E-state index < -0.39 is 0 Å². The van der Waals surface area contributed by atoms with Crippen molar-refractivity contribution in [3.63, 3.8) is 0 Å². The fraction of sp³-hybridized carbons (Fsp3) is 0.304. The highest BCUT2D eigenvalue weighted by Crippen LogP contribution is 2.42. The zero-order chi connectivity index (χ0) is 23.4. The smallest absolute Gasteiger partial charge is 0.253 e. The average Bonchev–Trinajstić information content (AvgIpc) is 3.48. The van der Waals surface area contributed by atoms with Crippen LogP contribution >= 0.6 is 11.8 Å². The number of benzene rings is 2. The Morgan fingerprint density at radius 2 is 1.88 bits per heavy atom. The molecule has 1 aliphatic rings. The maximum atomic E-state index is 13.3. The Balaban J connectivity index is 1.66. The van der Waals surface area contributed by atoms with Gasteiger partial charge in [-0.1, -0.05) is 23.9 Å². The molecule has 0 unspecified atom stereocenters. The summed E-state index contributed by atoms with van der Waals surface area (Å²) in [5.74, 6) is 2.00. The molecule has 0 bridgehead atoms. The standard InChI is InChI=1S/C23H25N5O4S/c1-27-14-24-25-23(27)33-13-21(29)28-19(17-6-5-7-20(31-3)22(17)32-4)12-18(26-28)15-8-10-16(30-2)11-9-15/h5-11,14,19H,12-13H2,1-4H3/t19-/m0/s1. The van der Waals surface area contributed by atoms with Crippen LogP contribution in [0.1, 0.15) is 23.6 Å². The zero-order valence-corrected chi connectivity index (χ0v) is 19.7. The largest absolute Gasteiger partial charge is 0.497 e. The third-order valence-corrected chi connectivity index (χ3v) is 6.40. The number of thioether (sulfide) groups is 1. The Kier molecular flexibility index (Phi) is 6.83. The highest BCUT2D eigenvalue weighted by atomic mass is 32.2. The van der Waals surface area contributed by atoms with Crippen LogP contribution in [-0.4, -0.2) is 58.5 Å². The number of amides is 1. The normalized spacial score (nSPS) is 15.3. The Morgan fingerprint density at radius 1 is 1.09 bits per heavy atom. The number of aromatic nitrogens is 3. The minimum atomic E-state index is -0.334. The minimum absolute atomic E-state index is 0.138. The molecule has 33 heavy (non-hydrogen) atoms. The van der Waals surface area contributed by atoms with E-state index in [0.717, 1.165) is 22.6 Å². The van der Waals surface area contributed by atoms with Gasteiger partial charge in [-0.2, -0.15) is 5.10 Å². The van der Waals surface area contributed by atoms with Gasteiger partial charge in [-0.05, 0) is 35.9 Å². The SMILES string of the molecule is COc1ccc(C2=NN(C(=O)CSc3nncn3C)[C@H](c3cccc(OC)c3OC)C2)cc1. The second kappa shape index (κ2) is 9.95. The third-order valence-electron chi connectivity index (χ3n) is 5.38. The number of para-hydroxylation sites is 1. The number of rotatable bonds is 8. The Bertz CT molecular complexity index is 1160. The molecule has 0 radical (unpaired) electrons. The number of carbonyl (C=O) groups excluding carboxylic acids is 1. The van der Waals surface area contributed by atoms with Crippen molar-refractivity contribution in [2.75, 3.05) is 27.1 Å². The van der Waals surface area contributed by atoms with Gasteiger partial charge in [0.05, 0.1) is 38.8 Å². The van der Waals surface area contributed by atoms with Crippen LogP contribution in [0.25, 0.3) is 0 Å². The molecule has 2 aromatic carbocycles. The molecule has 1 amide bonds. The van der Waals surface area contributed by atoms with E-state index in [2.05, 4.69) is 10.2 Å². The Morgan fingerprint density at radius 3 is 2.52 bits per heavy atom. The van der Waals surface area contributed by atoms with E-state index in [9.17, 15) is 4.79 Å². The summed E-state index contributed by atoms with van der Waals surface area (Å²) in [7, 11) is 6.66. The van der Waals surface area contributed by atoms with Gasteiger partial charge in [0.2, 0.25) is 0 Å². The second-order valence-corrected chi connectivity index (χ2v) is 8.27. The monoisotopic (exact) mass is 467 g/mol. The van der Waals surface area contributed by atoms with Crippen molar-refractivity contribution in [1.82, 2.24) is 19.8 Å². The number of methoxy groups -OCH3 is 3. The molecule has 4 rings (SSSR count). The van der Waals surface area contributed by atoms with Gasteiger partial charge in [0.15, 0.2) is 16.7 Å². The second-order valence-electron chi connectivity index (χ2n) is 7.33. The lowest BCUT2D eigenvalue weighted by Crippen LogP contribution is -2.29. The third kappa shape index (κ3) is 4.65. The number of aryl methyl sites for hydroxylation is 1. The first-order valence-electron chi connectivity index (χ1n) is 10.3. The van der Waals surface area contributed by atoms with Crippen LogP contribution in [0.2, 0.25) is 0 Å². The van der Waals surface area contributed by atoms with E-state index >= 15 is 0 Å². The number of hydrogen-bond acceptors (Lipinski definition) is 8. The summed E-state index contributed by atoms with van der Waals surface area (Å²) >= 11 is 1.32. The van der Waals surface area contributed by atoms with Crippen molar-refractivity contribution < 1.29 is 19.0 Å². The molecule has 10 heteroatoms. The molecule has 0 saturated heterocycles. The topological polar surface area (TPSA) is 91.1 Å². The van der Waals surface area contributed by atoms with Crippen LogP contribution < -0.4 is 14.2 Å². The Hall–Kier alpha value is -3.53. The Labute approximate surface area is 196 Å². The molecule has 2 heterocycles.